The van der Waals surface area contributed by atoms with Crippen LogP contribution in [0.1, 0.15) is 25.4 Å². The van der Waals surface area contributed by atoms with Crippen LogP contribution in [0.15, 0.2) is 6.07 Å². The Morgan fingerprint density at radius 3 is 2.53 bits per heavy atom. The maximum atomic E-state index is 11.0. The lowest BCUT2D eigenvalue weighted by atomic mass is 9.92. The summed E-state index contributed by atoms with van der Waals surface area (Å²) in [5.41, 5.74) is -0.426. The molecule has 0 unspecified atom stereocenters. The Bertz CT molecular complexity index is 388. The minimum Gasteiger partial charge on any atom is -0.481 e. The van der Waals surface area contributed by atoms with E-state index in [4.69, 9.17) is 9.84 Å². The molecule has 0 bridgehead atoms. The molecule has 0 spiro atoms. The number of nitrogens with zero attached hydrogens (tertiary/aromatic N) is 2. The van der Waals surface area contributed by atoms with Crippen molar-refractivity contribution in [2.24, 2.45) is 0 Å². The Hall–Kier alpha value is -1.65. The van der Waals surface area contributed by atoms with Crippen LogP contribution in [0.2, 0.25) is 0 Å². The zero-order chi connectivity index (χ0) is 11.6. The number of carbonyl (C=O) groups is 1. The molecule has 0 aliphatic rings. The van der Waals surface area contributed by atoms with Gasteiger partial charge in [-0.25, -0.2) is 4.98 Å². The van der Waals surface area contributed by atoms with E-state index in [1.165, 1.54) is 7.11 Å². The van der Waals surface area contributed by atoms with E-state index >= 15 is 0 Å². The second-order valence-electron chi connectivity index (χ2n) is 3.81. The summed E-state index contributed by atoms with van der Waals surface area (Å²) in [5.74, 6) is -0.325. The van der Waals surface area contributed by atoms with Crippen molar-refractivity contribution < 1.29 is 14.6 Å². The summed E-state index contributed by atoms with van der Waals surface area (Å²) in [6.45, 7) is 4.89. The van der Waals surface area contributed by atoms with E-state index in [9.17, 15) is 4.79 Å². The van der Waals surface area contributed by atoms with Crippen LogP contribution in [0.5, 0.6) is 5.88 Å². The van der Waals surface area contributed by atoms with E-state index in [1.54, 1.807) is 26.8 Å². The van der Waals surface area contributed by atoms with Gasteiger partial charge in [-0.15, -0.1) is 0 Å². The van der Waals surface area contributed by atoms with Crippen molar-refractivity contribution in [3.05, 3.63) is 17.6 Å². The number of aliphatic carboxylic acids is 1. The molecule has 0 saturated carbocycles. The van der Waals surface area contributed by atoms with Gasteiger partial charge in [-0.1, -0.05) is 0 Å². The quantitative estimate of drug-likeness (QED) is 0.810. The number of ether oxygens (including phenoxy) is 1. The highest BCUT2D eigenvalue weighted by Gasteiger charge is 2.33. The predicted octanol–water partition coefficient (Wildman–Crippen LogP) is 1.16. The molecule has 1 heterocycles. The van der Waals surface area contributed by atoms with Gasteiger partial charge in [0.1, 0.15) is 11.2 Å². The van der Waals surface area contributed by atoms with Gasteiger partial charge < -0.3 is 9.84 Å². The van der Waals surface area contributed by atoms with Gasteiger partial charge in [0.25, 0.3) is 0 Å². The number of hydrogen-bond acceptors (Lipinski definition) is 4. The number of carboxylic acid groups (broad SMARTS) is 1. The topological polar surface area (TPSA) is 72.3 Å². The SMILES string of the molecule is COc1cc(C)nc(C(C)(C)C(=O)O)n1. The first-order chi connectivity index (χ1) is 6.87. The van der Waals surface area contributed by atoms with E-state index in [1.807, 2.05) is 0 Å². The van der Waals surface area contributed by atoms with Crippen molar-refractivity contribution in [1.82, 2.24) is 9.97 Å². The molecule has 0 radical (unpaired) electrons. The summed E-state index contributed by atoms with van der Waals surface area (Å²) < 4.78 is 4.97. The molecule has 0 aromatic carbocycles. The second-order valence-corrected chi connectivity index (χ2v) is 3.81. The molecule has 0 aliphatic heterocycles. The highest BCUT2D eigenvalue weighted by molar-refractivity contribution is 5.78. The van der Waals surface area contributed by atoms with Crippen LogP contribution in [-0.4, -0.2) is 28.2 Å². The van der Waals surface area contributed by atoms with Crippen molar-refractivity contribution >= 4 is 5.97 Å². The molecule has 0 amide bonds. The maximum Gasteiger partial charge on any atom is 0.316 e. The van der Waals surface area contributed by atoms with E-state index < -0.39 is 11.4 Å². The lowest BCUT2D eigenvalue weighted by molar-refractivity contribution is -0.142. The molecule has 5 heteroatoms. The summed E-state index contributed by atoms with van der Waals surface area (Å²) in [6.07, 6.45) is 0. The zero-order valence-electron chi connectivity index (χ0n) is 9.24. The number of carboxylic acids is 1. The Morgan fingerprint density at radius 2 is 2.07 bits per heavy atom. The van der Waals surface area contributed by atoms with E-state index in [0.717, 1.165) is 0 Å². The van der Waals surface area contributed by atoms with Crippen molar-refractivity contribution in [2.45, 2.75) is 26.2 Å². The Kier molecular flexibility index (Phi) is 2.93. The standard InChI is InChI=1S/C10H14N2O3/c1-6-5-7(15-4)12-8(11-6)10(2,3)9(13)14/h5H,1-4H3,(H,13,14). The fourth-order valence-electron chi connectivity index (χ4n) is 1.02. The first-order valence-electron chi connectivity index (χ1n) is 4.51. The molecule has 0 saturated heterocycles. The van der Waals surface area contributed by atoms with Crippen LogP contribution in [0.4, 0.5) is 0 Å². The largest absolute Gasteiger partial charge is 0.481 e. The third kappa shape index (κ3) is 2.23. The fraction of sp³-hybridized carbons (Fsp3) is 0.500. The third-order valence-corrected chi connectivity index (χ3v) is 2.13. The summed E-state index contributed by atoms with van der Waals surface area (Å²) in [7, 11) is 1.49. The lowest BCUT2D eigenvalue weighted by Gasteiger charge is -2.18. The van der Waals surface area contributed by atoms with Crippen LogP contribution < -0.4 is 4.74 Å². The van der Waals surface area contributed by atoms with Gasteiger partial charge in [0.2, 0.25) is 5.88 Å². The average Bonchev–Trinajstić information content (AvgIpc) is 2.16. The van der Waals surface area contributed by atoms with Gasteiger partial charge in [0, 0.05) is 11.8 Å². The van der Waals surface area contributed by atoms with Gasteiger partial charge in [-0.05, 0) is 20.8 Å². The molecule has 1 aromatic heterocycles. The molecule has 0 aliphatic carbocycles. The van der Waals surface area contributed by atoms with Crippen LogP contribution in [-0.2, 0) is 10.2 Å². The molecule has 82 valence electrons. The summed E-state index contributed by atoms with van der Waals surface area (Å²) in [6, 6.07) is 1.65. The molecule has 0 fully saturated rings. The van der Waals surface area contributed by atoms with Gasteiger partial charge in [0.05, 0.1) is 7.11 Å². The van der Waals surface area contributed by atoms with Crippen molar-refractivity contribution in [3.63, 3.8) is 0 Å². The minimum atomic E-state index is -1.11. The number of hydrogen-bond donors (Lipinski definition) is 1. The normalized spacial score (nSPS) is 11.2. The summed E-state index contributed by atoms with van der Waals surface area (Å²) in [5, 5.41) is 9.03. The van der Waals surface area contributed by atoms with E-state index in [-0.39, 0.29) is 5.82 Å². The van der Waals surface area contributed by atoms with Crippen LogP contribution in [0.3, 0.4) is 0 Å². The molecule has 1 rings (SSSR count). The number of aromatic nitrogens is 2. The van der Waals surface area contributed by atoms with Crippen molar-refractivity contribution in [2.75, 3.05) is 7.11 Å². The summed E-state index contributed by atoms with van der Waals surface area (Å²) in [4.78, 5) is 19.1. The molecule has 1 aromatic rings. The molecule has 1 N–H and O–H groups in total. The summed E-state index contributed by atoms with van der Waals surface area (Å²) >= 11 is 0. The first-order valence-corrected chi connectivity index (χ1v) is 4.51. The molecular weight excluding hydrogens is 196 g/mol. The average molecular weight is 210 g/mol. The highest BCUT2D eigenvalue weighted by atomic mass is 16.5. The first kappa shape index (κ1) is 11.4. The van der Waals surface area contributed by atoms with Gasteiger partial charge in [-0.3, -0.25) is 4.79 Å². The maximum absolute atomic E-state index is 11.0. The van der Waals surface area contributed by atoms with Gasteiger partial charge in [0.15, 0.2) is 0 Å². The van der Waals surface area contributed by atoms with Crippen molar-refractivity contribution in [1.29, 1.82) is 0 Å². The van der Waals surface area contributed by atoms with E-state index in [0.29, 0.717) is 11.6 Å². The van der Waals surface area contributed by atoms with Gasteiger partial charge >= 0.3 is 5.97 Å². The highest BCUT2D eigenvalue weighted by Crippen LogP contribution is 2.22. The number of methoxy groups -OCH3 is 1. The zero-order valence-corrected chi connectivity index (χ0v) is 9.24. The monoisotopic (exact) mass is 210 g/mol. The Labute approximate surface area is 88.1 Å². The van der Waals surface area contributed by atoms with E-state index in [2.05, 4.69) is 9.97 Å². The predicted molar refractivity (Wildman–Crippen MR) is 54.0 cm³/mol. The van der Waals surface area contributed by atoms with Crippen LogP contribution >= 0.6 is 0 Å². The molecular formula is C10H14N2O3. The lowest BCUT2D eigenvalue weighted by Crippen LogP contribution is -2.31. The van der Waals surface area contributed by atoms with Crippen molar-refractivity contribution in [3.8, 4) is 5.88 Å². The Balaban J connectivity index is 3.25. The van der Waals surface area contributed by atoms with Crippen LogP contribution in [0, 0.1) is 6.92 Å². The number of rotatable bonds is 3. The third-order valence-electron chi connectivity index (χ3n) is 2.13. The minimum absolute atomic E-state index is 0.256. The molecule has 5 nitrogen and oxygen atoms in total. The fourth-order valence-corrected chi connectivity index (χ4v) is 1.02. The second kappa shape index (κ2) is 3.84. The Morgan fingerprint density at radius 1 is 1.47 bits per heavy atom. The van der Waals surface area contributed by atoms with Gasteiger partial charge in [-0.2, -0.15) is 4.98 Å². The number of aryl methyl sites for hydroxylation is 1. The molecule has 0 atom stereocenters. The molecule has 15 heavy (non-hydrogen) atoms. The smallest absolute Gasteiger partial charge is 0.316 e. The van der Waals surface area contributed by atoms with Crippen LogP contribution in [0.25, 0.3) is 0 Å².